The van der Waals surface area contributed by atoms with Crippen molar-refractivity contribution in [3.8, 4) is 0 Å². The highest BCUT2D eigenvalue weighted by Crippen LogP contribution is 2.39. The van der Waals surface area contributed by atoms with Crippen LogP contribution >= 0.6 is 0 Å². The second-order valence-electron chi connectivity index (χ2n) is 6.39. The Morgan fingerprint density at radius 1 is 1.45 bits per heavy atom. The van der Waals surface area contributed by atoms with Crippen LogP contribution in [0.1, 0.15) is 42.1 Å². The Morgan fingerprint density at radius 3 is 2.82 bits per heavy atom. The van der Waals surface area contributed by atoms with Gasteiger partial charge in [-0.2, -0.15) is 0 Å². The standard InChI is InChI=1S/C16H20FN3O2/c1-16(8-18,10-3-4-10)20-15(22)11-6-9-2-5-14(21)19-13(9)7-12(11)17/h6-7,10H,2-5,8,18H2,1H3,(H,19,21)(H,20,22). The maximum Gasteiger partial charge on any atom is 0.254 e. The molecule has 118 valence electrons. The van der Waals surface area contributed by atoms with Gasteiger partial charge in [-0.05, 0) is 49.8 Å². The van der Waals surface area contributed by atoms with Crippen LogP contribution in [0.25, 0.3) is 0 Å². The van der Waals surface area contributed by atoms with Crippen LogP contribution in [0.4, 0.5) is 10.1 Å². The lowest BCUT2D eigenvalue weighted by molar-refractivity contribution is -0.116. The number of benzene rings is 1. The number of carbonyl (C=O) groups excluding carboxylic acids is 2. The number of rotatable bonds is 4. The summed E-state index contributed by atoms with van der Waals surface area (Å²) >= 11 is 0. The number of nitrogens with two attached hydrogens (primary N) is 1. The number of carbonyl (C=O) groups is 2. The summed E-state index contributed by atoms with van der Waals surface area (Å²) in [5.74, 6) is -0.847. The first-order valence-corrected chi connectivity index (χ1v) is 7.58. The molecule has 0 radical (unpaired) electrons. The molecule has 1 atom stereocenters. The molecule has 1 heterocycles. The molecular weight excluding hydrogens is 285 g/mol. The van der Waals surface area contributed by atoms with Crippen LogP contribution < -0.4 is 16.4 Å². The Labute approximate surface area is 128 Å². The molecule has 6 heteroatoms. The average molecular weight is 305 g/mol. The SMILES string of the molecule is CC(CN)(NC(=O)c1cc2c(cc1F)NC(=O)CC2)C1CC1. The van der Waals surface area contributed by atoms with Crippen LogP contribution in [-0.2, 0) is 11.2 Å². The van der Waals surface area contributed by atoms with E-state index in [-0.39, 0.29) is 11.5 Å². The van der Waals surface area contributed by atoms with Crippen LogP contribution in [0.2, 0.25) is 0 Å². The fourth-order valence-electron chi connectivity index (χ4n) is 2.94. The third-order valence-electron chi connectivity index (χ3n) is 4.63. The minimum Gasteiger partial charge on any atom is -0.345 e. The smallest absolute Gasteiger partial charge is 0.254 e. The minimum absolute atomic E-state index is 0.00947. The molecule has 1 saturated carbocycles. The summed E-state index contributed by atoms with van der Waals surface area (Å²) in [5.41, 5.74) is 6.54. The summed E-state index contributed by atoms with van der Waals surface area (Å²) in [6.45, 7) is 2.23. The number of aryl methyl sites for hydroxylation is 1. The zero-order valence-corrected chi connectivity index (χ0v) is 12.5. The Balaban J connectivity index is 1.85. The Kier molecular flexibility index (Phi) is 3.64. The first-order chi connectivity index (χ1) is 10.4. The lowest BCUT2D eigenvalue weighted by Gasteiger charge is -2.30. The molecule has 1 aliphatic carbocycles. The van der Waals surface area contributed by atoms with Crippen molar-refractivity contribution < 1.29 is 14.0 Å². The zero-order valence-electron chi connectivity index (χ0n) is 12.5. The van der Waals surface area contributed by atoms with Gasteiger partial charge in [-0.25, -0.2) is 4.39 Å². The van der Waals surface area contributed by atoms with Crippen molar-refractivity contribution in [2.75, 3.05) is 11.9 Å². The molecule has 3 rings (SSSR count). The van der Waals surface area contributed by atoms with Gasteiger partial charge in [0.1, 0.15) is 5.82 Å². The quantitative estimate of drug-likeness (QED) is 0.789. The molecule has 2 amide bonds. The normalized spacial score (nSPS) is 19.9. The fraction of sp³-hybridized carbons (Fsp3) is 0.500. The Bertz CT molecular complexity index is 643. The molecule has 1 aliphatic heterocycles. The van der Waals surface area contributed by atoms with E-state index in [0.717, 1.165) is 18.4 Å². The van der Waals surface area contributed by atoms with Gasteiger partial charge in [0, 0.05) is 18.7 Å². The maximum atomic E-state index is 14.2. The predicted molar refractivity (Wildman–Crippen MR) is 81.0 cm³/mol. The Hall–Kier alpha value is -1.95. The molecule has 0 saturated heterocycles. The first-order valence-electron chi connectivity index (χ1n) is 7.58. The molecule has 2 aliphatic rings. The molecule has 0 spiro atoms. The van der Waals surface area contributed by atoms with Crippen molar-refractivity contribution in [3.05, 3.63) is 29.1 Å². The maximum absolute atomic E-state index is 14.2. The van der Waals surface area contributed by atoms with Crippen molar-refractivity contribution >= 4 is 17.5 Å². The van der Waals surface area contributed by atoms with Gasteiger partial charge in [0.2, 0.25) is 5.91 Å². The number of halogens is 1. The molecule has 5 nitrogen and oxygen atoms in total. The van der Waals surface area contributed by atoms with Gasteiger partial charge in [0.05, 0.1) is 11.1 Å². The summed E-state index contributed by atoms with van der Waals surface area (Å²) in [5, 5.41) is 5.51. The van der Waals surface area contributed by atoms with Gasteiger partial charge < -0.3 is 16.4 Å². The highest BCUT2D eigenvalue weighted by atomic mass is 19.1. The summed E-state index contributed by atoms with van der Waals surface area (Å²) < 4.78 is 14.2. The van der Waals surface area contributed by atoms with E-state index >= 15 is 0 Å². The summed E-state index contributed by atoms with van der Waals surface area (Å²) in [7, 11) is 0. The zero-order chi connectivity index (χ0) is 15.9. The molecule has 1 aromatic rings. The molecule has 22 heavy (non-hydrogen) atoms. The molecule has 0 bridgehead atoms. The molecule has 1 aromatic carbocycles. The second kappa shape index (κ2) is 5.35. The van der Waals surface area contributed by atoms with Crippen LogP contribution in [0.3, 0.4) is 0 Å². The summed E-state index contributed by atoms with van der Waals surface area (Å²) in [6.07, 6.45) is 2.93. The van der Waals surface area contributed by atoms with E-state index in [1.54, 1.807) is 0 Å². The van der Waals surface area contributed by atoms with E-state index in [0.29, 0.717) is 31.0 Å². The largest absolute Gasteiger partial charge is 0.345 e. The number of fused-ring (bicyclic) bond motifs is 1. The number of anilines is 1. The van der Waals surface area contributed by atoms with Crippen molar-refractivity contribution in [1.29, 1.82) is 0 Å². The van der Waals surface area contributed by atoms with E-state index in [2.05, 4.69) is 10.6 Å². The predicted octanol–water partition coefficient (Wildman–Crippen LogP) is 1.57. The number of hydrogen-bond acceptors (Lipinski definition) is 3. The number of hydrogen-bond donors (Lipinski definition) is 3. The van der Waals surface area contributed by atoms with E-state index in [4.69, 9.17) is 5.73 Å². The number of amides is 2. The van der Waals surface area contributed by atoms with Crippen LogP contribution in [0.15, 0.2) is 12.1 Å². The van der Waals surface area contributed by atoms with Gasteiger partial charge >= 0.3 is 0 Å². The molecule has 1 unspecified atom stereocenters. The molecule has 0 aromatic heterocycles. The number of nitrogens with one attached hydrogen (secondary N) is 2. The van der Waals surface area contributed by atoms with Gasteiger partial charge in [0.25, 0.3) is 5.91 Å². The van der Waals surface area contributed by atoms with Crippen molar-refractivity contribution in [1.82, 2.24) is 5.32 Å². The molecular formula is C16H20FN3O2. The summed E-state index contributed by atoms with van der Waals surface area (Å²) in [6, 6.07) is 2.75. The molecule has 4 N–H and O–H groups in total. The van der Waals surface area contributed by atoms with E-state index in [1.807, 2.05) is 6.92 Å². The first kappa shape index (κ1) is 15.0. The lowest BCUT2D eigenvalue weighted by Crippen LogP contribution is -2.53. The topological polar surface area (TPSA) is 84.2 Å². The minimum atomic E-state index is -0.631. The van der Waals surface area contributed by atoms with Crippen LogP contribution in [0.5, 0.6) is 0 Å². The van der Waals surface area contributed by atoms with E-state index < -0.39 is 17.3 Å². The third-order valence-corrected chi connectivity index (χ3v) is 4.63. The van der Waals surface area contributed by atoms with Gasteiger partial charge in [-0.3, -0.25) is 9.59 Å². The monoisotopic (exact) mass is 305 g/mol. The highest BCUT2D eigenvalue weighted by molar-refractivity contribution is 5.98. The Morgan fingerprint density at radius 2 is 2.18 bits per heavy atom. The van der Waals surface area contributed by atoms with Crippen molar-refractivity contribution in [3.63, 3.8) is 0 Å². The molecule has 1 fully saturated rings. The van der Waals surface area contributed by atoms with Crippen LogP contribution in [0, 0.1) is 11.7 Å². The third kappa shape index (κ3) is 2.70. The van der Waals surface area contributed by atoms with Gasteiger partial charge in [0.15, 0.2) is 0 Å². The van der Waals surface area contributed by atoms with Crippen molar-refractivity contribution in [2.24, 2.45) is 11.7 Å². The van der Waals surface area contributed by atoms with Gasteiger partial charge in [-0.1, -0.05) is 0 Å². The van der Waals surface area contributed by atoms with Crippen molar-refractivity contribution in [2.45, 2.75) is 38.1 Å². The van der Waals surface area contributed by atoms with Gasteiger partial charge in [-0.15, -0.1) is 0 Å². The highest BCUT2D eigenvalue weighted by Gasteiger charge is 2.42. The lowest BCUT2D eigenvalue weighted by atomic mass is 9.94. The summed E-state index contributed by atoms with van der Waals surface area (Å²) in [4.78, 5) is 23.8. The van der Waals surface area contributed by atoms with E-state index in [9.17, 15) is 14.0 Å². The van der Waals surface area contributed by atoms with E-state index in [1.165, 1.54) is 12.1 Å². The second-order valence-corrected chi connectivity index (χ2v) is 6.39. The fourth-order valence-corrected chi connectivity index (χ4v) is 2.94. The van der Waals surface area contributed by atoms with Crippen LogP contribution in [-0.4, -0.2) is 23.9 Å². The average Bonchev–Trinajstić information content (AvgIpc) is 3.31.